The predicted molar refractivity (Wildman–Crippen MR) is 59.9 cm³/mol. The van der Waals surface area contributed by atoms with Crippen molar-refractivity contribution in [1.29, 1.82) is 0 Å². The van der Waals surface area contributed by atoms with E-state index in [9.17, 15) is 0 Å². The summed E-state index contributed by atoms with van der Waals surface area (Å²) < 4.78 is 0. The van der Waals surface area contributed by atoms with E-state index < -0.39 is 0 Å². The molecule has 0 bridgehead atoms. The van der Waals surface area contributed by atoms with Gasteiger partial charge in [-0.05, 0) is 25.5 Å². The van der Waals surface area contributed by atoms with Crippen LogP contribution in [0.25, 0.3) is 0 Å². The lowest BCUT2D eigenvalue weighted by Gasteiger charge is -2.19. The van der Waals surface area contributed by atoms with Crippen LogP contribution >= 0.6 is 0 Å². The molecule has 3 nitrogen and oxygen atoms in total. The van der Waals surface area contributed by atoms with Gasteiger partial charge in [-0.25, -0.2) is 0 Å². The number of nitrogens with two attached hydrogens (primary N) is 1. The lowest BCUT2D eigenvalue weighted by molar-refractivity contribution is 0.457. The number of pyridine rings is 1. The molecule has 0 saturated carbocycles. The van der Waals surface area contributed by atoms with Crippen LogP contribution in [0.5, 0.6) is 0 Å². The Balaban J connectivity index is 2.83. The third-order valence-corrected chi connectivity index (χ3v) is 2.32. The molecule has 0 fully saturated rings. The Morgan fingerprint density at radius 3 is 2.71 bits per heavy atom. The van der Waals surface area contributed by atoms with Crippen molar-refractivity contribution in [3.05, 3.63) is 24.0 Å². The van der Waals surface area contributed by atoms with Crippen LogP contribution in [0.1, 0.15) is 31.9 Å². The van der Waals surface area contributed by atoms with E-state index >= 15 is 0 Å². The summed E-state index contributed by atoms with van der Waals surface area (Å²) in [6, 6.07) is 2.16. The molecular weight excluding hydrogens is 174 g/mol. The first-order valence-electron chi connectivity index (χ1n) is 5.01. The van der Waals surface area contributed by atoms with Crippen molar-refractivity contribution in [2.45, 2.75) is 26.3 Å². The molecule has 1 aromatic heterocycles. The van der Waals surface area contributed by atoms with Crippen LogP contribution < -0.4 is 11.1 Å². The molecular formula is C11H19N3. The highest BCUT2D eigenvalue weighted by Crippen LogP contribution is 2.24. The second-order valence-electron chi connectivity index (χ2n) is 3.98. The summed E-state index contributed by atoms with van der Waals surface area (Å²) in [5.41, 5.74) is 7.81. The van der Waals surface area contributed by atoms with E-state index in [1.165, 1.54) is 0 Å². The molecule has 14 heavy (non-hydrogen) atoms. The van der Waals surface area contributed by atoms with Gasteiger partial charge in [-0.1, -0.05) is 13.8 Å². The summed E-state index contributed by atoms with van der Waals surface area (Å²) in [4.78, 5) is 4.10. The van der Waals surface area contributed by atoms with Crippen molar-refractivity contribution in [1.82, 2.24) is 10.3 Å². The molecule has 0 aliphatic carbocycles. The highest BCUT2D eigenvalue weighted by atomic mass is 14.9. The molecule has 0 spiro atoms. The van der Waals surface area contributed by atoms with Crippen LogP contribution in [0.2, 0.25) is 0 Å². The summed E-state index contributed by atoms with van der Waals surface area (Å²) in [7, 11) is 1.96. The number of nitrogen functional groups attached to an aromatic ring is 1. The third-order valence-electron chi connectivity index (χ3n) is 2.32. The molecule has 78 valence electrons. The second kappa shape index (κ2) is 4.96. The fourth-order valence-corrected chi connectivity index (χ4v) is 1.58. The van der Waals surface area contributed by atoms with Gasteiger partial charge in [-0.15, -0.1) is 0 Å². The molecule has 0 radical (unpaired) electrons. The van der Waals surface area contributed by atoms with E-state index in [0.29, 0.717) is 12.0 Å². The molecule has 1 atom stereocenters. The van der Waals surface area contributed by atoms with Crippen LogP contribution in [0, 0.1) is 5.92 Å². The van der Waals surface area contributed by atoms with Crippen LogP contribution in [0.4, 0.5) is 5.69 Å². The molecule has 0 amide bonds. The largest absolute Gasteiger partial charge is 0.398 e. The maximum Gasteiger partial charge on any atom is 0.0393 e. The van der Waals surface area contributed by atoms with E-state index in [1.807, 2.05) is 19.3 Å². The first kappa shape index (κ1) is 11.0. The number of anilines is 1. The minimum atomic E-state index is 0.309. The van der Waals surface area contributed by atoms with Gasteiger partial charge in [0.15, 0.2) is 0 Å². The first-order chi connectivity index (χ1) is 6.65. The van der Waals surface area contributed by atoms with E-state index in [4.69, 9.17) is 5.73 Å². The predicted octanol–water partition coefficient (Wildman–Crippen LogP) is 1.97. The highest BCUT2D eigenvalue weighted by molar-refractivity contribution is 5.46. The third kappa shape index (κ3) is 2.70. The molecule has 0 aliphatic rings. The minimum Gasteiger partial charge on any atom is -0.398 e. The standard InChI is InChI=1S/C11H19N3/c1-8(2)6-11(13-3)9-7-14-5-4-10(9)12/h4-5,7-8,11,13H,6H2,1-3H3,(H2,12,14). The number of nitrogens with one attached hydrogen (secondary N) is 1. The number of nitrogens with zero attached hydrogens (tertiary/aromatic N) is 1. The van der Waals surface area contributed by atoms with Crippen molar-refractivity contribution in [3.8, 4) is 0 Å². The van der Waals surface area contributed by atoms with Gasteiger partial charge in [0.25, 0.3) is 0 Å². The topological polar surface area (TPSA) is 50.9 Å². The number of rotatable bonds is 4. The summed E-state index contributed by atoms with van der Waals surface area (Å²) in [6.45, 7) is 4.41. The Kier molecular flexibility index (Phi) is 3.89. The molecule has 0 aromatic carbocycles. The Hall–Kier alpha value is -1.09. The second-order valence-corrected chi connectivity index (χ2v) is 3.98. The Morgan fingerprint density at radius 2 is 2.21 bits per heavy atom. The summed E-state index contributed by atoms with van der Waals surface area (Å²) in [5.74, 6) is 0.645. The smallest absolute Gasteiger partial charge is 0.0393 e. The maximum atomic E-state index is 5.89. The zero-order valence-electron chi connectivity index (χ0n) is 9.12. The van der Waals surface area contributed by atoms with E-state index in [-0.39, 0.29) is 0 Å². The Bertz CT molecular complexity index is 284. The Labute approximate surface area is 85.7 Å². The zero-order valence-corrected chi connectivity index (χ0v) is 9.12. The maximum absolute atomic E-state index is 5.89. The van der Waals surface area contributed by atoms with Gasteiger partial charge in [0.2, 0.25) is 0 Å². The Morgan fingerprint density at radius 1 is 1.50 bits per heavy atom. The summed E-state index contributed by atoms with van der Waals surface area (Å²) in [6.07, 6.45) is 4.65. The van der Waals surface area contributed by atoms with Gasteiger partial charge in [-0.2, -0.15) is 0 Å². The van der Waals surface area contributed by atoms with Gasteiger partial charge < -0.3 is 11.1 Å². The van der Waals surface area contributed by atoms with E-state index in [2.05, 4.69) is 24.1 Å². The minimum absolute atomic E-state index is 0.309. The molecule has 0 aliphatic heterocycles. The van der Waals surface area contributed by atoms with E-state index in [0.717, 1.165) is 17.7 Å². The number of hydrogen-bond donors (Lipinski definition) is 2. The van der Waals surface area contributed by atoms with Crippen LogP contribution in [-0.4, -0.2) is 12.0 Å². The van der Waals surface area contributed by atoms with Gasteiger partial charge >= 0.3 is 0 Å². The quantitative estimate of drug-likeness (QED) is 0.768. The molecule has 1 heterocycles. The zero-order chi connectivity index (χ0) is 10.6. The van der Waals surface area contributed by atoms with Gasteiger partial charge in [0.1, 0.15) is 0 Å². The van der Waals surface area contributed by atoms with Crippen molar-refractivity contribution >= 4 is 5.69 Å². The highest BCUT2D eigenvalue weighted by Gasteiger charge is 2.13. The van der Waals surface area contributed by atoms with Gasteiger partial charge in [0, 0.05) is 29.7 Å². The molecule has 1 aromatic rings. The summed E-state index contributed by atoms with van der Waals surface area (Å²) >= 11 is 0. The van der Waals surface area contributed by atoms with Crippen molar-refractivity contribution in [3.63, 3.8) is 0 Å². The van der Waals surface area contributed by atoms with Gasteiger partial charge in [-0.3, -0.25) is 4.98 Å². The average molecular weight is 193 g/mol. The number of hydrogen-bond acceptors (Lipinski definition) is 3. The number of aromatic nitrogens is 1. The lowest BCUT2D eigenvalue weighted by atomic mass is 9.97. The molecule has 1 unspecified atom stereocenters. The lowest BCUT2D eigenvalue weighted by Crippen LogP contribution is -2.19. The fraction of sp³-hybridized carbons (Fsp3) is 0.545. The first-order valence-corrected chi connectivity index (χ1v) is 5.01. The normalized spacial score (nSPS) is 13.1. The van der Waals surface area contributed by atoms with Crippen LogP contribution in [0.3, 0.4) is 0 Å². The molecule has 0 saturated heterocycles. The SMILES string of the molecule is CNC(CC(C)C)c1cnccc1N. The van der Waals surface area contributed by atoms with Gasteiger partial charge in [0.05, 0.1) is 0 Å². The fourth-order valence-electron chi connectivity index (χ4n) is 1.58. The monoisotopic (exact) mass is 193 g/mol. The summed E-state index contributed by atoms with van der Waals surface area (Å²) in [5, 5.41) is 3.27. The van der Waals surface area contributed by atoms with Crippen molar-refractivity contribution < 1.29 is 0 Å². The van der Waals surface area contributed by atoms with E-state index in [1.54, 1.807) is 6.20 Å². The molecule has 3 N–H and O–H groups in total. The van der Waals surface area contributed by atoms with Crippen LogP contribution in [-0.2, 0) is 0 Å². The molecule has 1 rings (SSSR count). The van der Waals surface area contributed by atoms with Crippen molar-refractivity contribution in [2.75, 3.05) is 12.8 Å². The molecule has 3 heteroatoms. The average Bonchev–Trinajstić information content (AvgIpc) is 2.15. The van der Waals surface area contributed by atoms with Crippen LogP contribution in [0.15, 0.2) is 18.5 Å². The van der Waals surface area contributed by atoms with Crippen molar-refractivity contribution in [2.24, 2.45) is 5.92 Å².